The molecule has 2 aromatic rings. The first-order valence-corrected chi connectivity index (χ1v) is 7.31. The number of fused-ring (bicyclic) bond motifs is 1. The molecule has 6 heteroatoms. The van der Waals surface area contributed by atoms with Crippen LogP contribution >= 0.6 is 11.3 Å². The second-order valence-corrected chi connectivity index (χ2v) is 5.92. The highest BCUT2D eigenvalue weighted by molar-refractivity contribution is 7.18. The fourth-order valence-corrected chi connectivity index (χ4v) is 3.59. The largest absolute Gasteiger partial charge is 0.396 e. The Kier molecular flexibility index (Phi) is 3.38. The van der Waals surface area contributed by atoms with E-state index in [2.05, 4.69) is 20.2 Å². The highest BCUT2D eigenvalue weighted by Gasteiger charge is 2.29. The van der Waals surface area contributed by atoms with E-state index in [0.717, 1.165) is 22.6 Å². The van der Waals surface area contributed by atoms with E-state index in [-0.39, 0.29) is 12.5 Å². The Labute approximate surface area is 115 Å². The van der Waals surface area contributed by atoms with Gasteiger partial charge in [-0.3, -0.25) is 0 Å². The molecule has 0 saturated carbocycles. The summed E-state index contributed by atoms with van der Waals surface area (Å²) in [5.41, 5.74) is 2.17. The molecule has 102 valence electrons. The average Bonchev–Trinajstić information content (AvgIpc) is 2.81. The molecule has 1 aliphatic heterocycles. The molecule has 0 unspecified atom stereocenters. The summed E-state index contributed by atoms with van der Waals surface area (Å²) in [5.74, 6) is 0.827. The van der Waals surface area contributed by atoms with Gasteiger partial charge in [0.15, 0.2) is 0 Å². The van der Waals surface area contributed by atoms with Gasteiger partial charge in [0.1, 0.15) is 12.1 Å². The number of hydrogen-bond donors (Lipinski definition) is 2. The Balaban J connectivity index is 1.96. The maximum Gasteiger partial charge on any atom is 0.150 e. The molecule has 0 aromatic carbocycles. The lowest BCUT2D eigenvalue weighted by Gasteiger charge is -2.36. The van der Waals surface area contributed by atoms with Crippen LogP contribution in [0.3, 0.4) is 0 Å². The maximum absolute atomic E-state index is 9.83. The van der Waals surface area contributed by atoms with Gasteiger partial charge in [-0.1, -0.05) is 0 Å². The monoisotopic (exact) mass is 279 g/mol. The van der Waals surface area contributed by atoms with Crippen molar-refractivity contribution >= 4 is 27.4 Å². The summed E-state index contributed by atoms with van der Waals surface area (Å²) in [5, 5.41) is 21.2. The third-order valence-electron chi connectivity index (χ3n) is 3.74. The minimum absolute atomic E-state index is 0.00929. The summed E-state index contributed by atoms with van der Waals surface area (Å²) < 4.78 is 1.09. The van der Waals surface area contributed by atoms with Crippen molar-refractivity contribution in [2.75, 3.05) is 24.6 Å². The number of anilines is 1. The molecule has 1 saturated heterocycles. The number of aliphatic hydroxyl groups is 2. The molecule has 2 atom stereocenters. The minimum Gasteiger partial charge on any atom is -0.396 e. The van der Waals surface area contributed by atoms with Crippen molar-refractivity contribution in [1.29, 1.82) is 0 Å². The average molecular weight is 279 g/mol. The van der Waals surface area contributed by atoms with Crippen LogP contribution < -0.4 is 4.90 Å². The van der Waals surface area contributed by atoms with E-state index < -0.39 is 6.10 Å². The van der Waals surface area contributed by atoms with Gasteiger partial charge in [0.2, 0.25) is 0 Å². The summed E-state index contributed by atoms with van der Waals surface area (Å²) in [6, 6.07) is 0. The van der Waals surface area contributed by atoms with E-state index in [0.29, 0.717) is 13.0 Å². The van der Waals surface area contributed by atoms with E-state index >= 15 is 0 Å². The Morgan fingerprint density at radius 2 is 2.32 bits per heavy atom. The molecule has 0 aliphatic carbocycles. The van der Waals surface area contributed by atoms with Crippen molar-refractivity contribution in [3.63, 3.8) is 0 Å². The van der Waals surface area contributed by atoms with Crippen molar-refractivity contribution in [2.24, 2.45) is 5.92 Å². The van der Waals surface area contributed by atoms with Gasteiger partial charge in [-0.15, -0.1) is 11.3 Å². The fourth-order valence-electron chi connectivity index (χ4n) is 2.57. The number of hydrogen-bond acceptors (Lipinski definition) is 6. The lowest BCUT2D eigenvalue weighted by atomic mass is 9.95. The number of aromatic nitrogens is 2. The molecule has 2 N–H and O–H groups in total. The molecule has 0 amide bonds. The summed E-state index contributed by atoms with van der Waals surface area (Å²) in [6.45, 7) is 3.46. The van der Waals surface area contributed by atoms with Gasteiger partial charge >= 0.3 is 0 Å². The van der Waals surface area contributed by atoms with Crippen LogP contribution in [0.1, 0.15) is 12.0 Å². The maximum atomic E-state index is 9.83. The minimum atomic E-state index is -0.413. The molecular formula is C13H17N3O2S. The topological polar surface area (TPSA) is 69.5 Å². The van der Waals surface area contributed by atoms with Crippen molar-refractivity contribution < 1.29 is 10.2 Å². The van der Waals surface area contributed by atoms with Gasteiger partial charge in [0, 0.05) is 19.0 Å². The number of rotatable bonds is 2. The smallest absolute Gasteiger partial charge is 0.150 e. The normalized spacial score (nSPS) is 24.1. The van der Waals surface area contributed by atoms with E-state index in [1.807, 2.05) is 6.92 Å². The molecule has 3 heterocycles. The third kappa shape index (κ3) is 2.20. The lowest BCUT2D eigenvalue weighted by molar-refractivity contribution is 0.0524. The number of piperidine rings is 1. The van der Waals surface area contributed by atoms with Gasteiger partial charge in [-0.05, 0) is 24.3 Å². The predicted octanol–water partition coefficient (Wildman–Crippen LogP) is 1.18. The Hall–Kier alpha value is -1.24. The van der Waals surface area contributed by atoms with Crippen LogP contribution in [0.15, 0.2) is 11.7 Å². The molecule has 1 fully saturated rings. The van der Waals surface area contributed by atoms with Gasteiger partial charge in [0.25, 0.3) is 0 Å². The standard InChI is InChI=1S/C13H17N3O2S/c1-8-6-19-12-11(8)14-7-15-13(12)16-3-2-10(18)9(4-16)5-17/h6-7,9-10,17-18H,2-5H2,1H3/t9-,10-/m0/s1. The van der Waals surface area contributed by atoms with E-state index in [9.17, 15) is 10.2 Å². The molecule has 0 radical (unpaired) electrons. The lowest BCUT2D eigenvalue weighted by Crippen LogP contribution is -2.45. The van der Waals surface area contributed by atoms with E-state index in [4.69, 9.17) is 0 Å². The van der Waals surface area contributed by atoms with Crippen LogP contribution in [0.25, 0.3) is 10.2 Å². The van der Waals surface area contributed by atoms with Crippen LogP contribution in [0.5, 0.6) is 0 Å². The highest BCUT2D eigenvalue weighted by atomic mass is 32.1. The number of aryl methyl sites for hydroxylation is 1. The van der Waals surface area contributed by atoms with Crippen molar-refractivity contribution in [3.05, 3.63) is 17.3 Å². The van der Waals surface area contributed by atoms with Crippen molar-refractivity contribution in [3.8, 4) is 0 Å². The highest BCUT2D eigenvalue weighted by Crippen LogP contribution is 2.32. The van der Waals surface area contributed by atoms with Crippen molar-refractivity contribution in [2.45, 2.75) is 19.4 Å². The van der Waals surface area contributed by atoms with Crippen LogP contribution in [0.4, 0.5) is 5.82 Å². The zero-order chi connectivity index (χ0) is 13.4. The molecule has 1 aliphatic rings. The zero-order valence-electron chi connectivity index (χ0n) is 10.8. The Morgan fingerprint density at radius 1 is 1.47 bits per heavy atom. The Morgan fingerprint density at radius 3 is 3.11 bits per heavy atom. The Bertz CT molecular complexity index is 586. The first-order chi connectivity index (χ1) is 9.20. The fraction of sp³-hybridized carbons (Fsp3) is 0.538. The molecular weight excluding hydrogens is 262 g/mol. The third-order valence-corrected chi connectivity index (χ3v) is 4.82. The second-order valence-electron chi connectivity index (χ2n) is 5.04. The first kappa shape index (κ1) is 12.8. The summed E-state index contributed by atoms with van der Waals surface area (Å²) >= 11 is 1.65. The van der Waals surface area contributed by atoms with Crippen LogP contribution in [0.2, 0.25) is 0 Å². The molecule has 0 spiro atoms. The summed E-state index contributed by atoms with van der Waals surface area (Å²) in [6.07, 6.45) is 1.85. The van der Waals surface area contributed by atoms with Gasteiger partial charge in [-0.2, -0.15) is 0 Å². The zero-order valence-corrected chi connectivity index (χ0v) is 11.6. The predicted molar refractivity (Wildman–Crippen MR) is 75.6 cm³/mol. The SMILES string of the molecule is Cc1csc2c(N3CC[C@H](O)[C@H](CO)C3)ncnc12. The summed E-state index contributed by atoms with van der Waals surface area (Å²) in [7, 11) is 0. The molecule has 3 rings (SSSR count). The van der Waals surface area contributed by atoms with Gasteiger partial charge < -0.3 is 15.1 Å². The van der Waals surface area contributed by atoms with Crippen LogP contribution in [0, 0.1) is 12.8 Å². The van der Waals surface area contributed by atoms with Gasteiger partial charge in [0.05, 0.1) is 22.9 Å². The number of aliphatic hydroxyl groups excluding tert-OH is 2. The first-order valence-electron chi connectivity index (χ1n) is 6.43. The molecule has 5 nitrogen and oxygen atoms in total. The van der Waals surface area contributed by atoms with E-state index in [1.54, 1.807) is 17.7 Å². The van der Waals surface area contributed by atoms with Gasteiger partial charge in [-0.25, -0.2) is 9.97 Å². The van der Waals surface area contributed by atoms with E-state index in [1.165, 1.54) is 5.56 Å². The number of nitrogens with zero attached hydrogens (tertiary/aromatic N) is 3. The summed E-state index contributed by atoms with van der Waals surface area (Å²) in [4.78, 5) is 10.9. The van der Waals surface area contributed by atoms with Crippen LogP contribution in [-0.4, -0.2) is 46.0 Å². The van der Waals surface area contributed by atoms with Crippen LogP contribution in [-0.2, 0) is 0 Å². The molecule has 0 bridgehead atoms. The molecule has 2 aromatic heterocycles. The second kappa shape index (κ2) is 5.03. The van der Waals surface area contributed by atoms with Crippen molar-refractivity contribution in [1.82, 2.24) is 9.97 Å². The number of thiophene rings is 1. The molecule has 19 heavy (non-hydrogen) atoms. The quantitative estimate of drug-likeness (QED) is 0.864.